The first-order valence-corrected chi connectivity index (χ1v) is 8.18. The van der Waals surface area contributed by atoms with E-state index in [1.54, 1.807) is 0 Å². The molecule has 1 saturated heterocycles. The molecule has 0 aliphatic carbocycles. The number of aliphatic carboxylic acids is 1. The van der Waals surface area contributed by atoms with Gasteiger partial charge in [-0.15, -0.1) is 0 Å². The van der Waals surface area contributed by atoms with Crippen molar-refractivity contribution in [1.82, 2.24) is 4.90 Å². The van der Waals surface area contributed by atoms with Crippen molar-refractivity contribution in [3.8, 4) is 0 Å². The van der Waals surface area contributed by atoms with E-state index in [-0.39, 0.29) is 0 Å². The topological polar surface area (TPSA) is 40.5 Å². The fourth-order valence-corrected chi connectivity index (χ4v) is 3.22. The summed E-state index contributed by atoms with van der Waals surface area (Å²) in [6.07, 6.45) is 4.60. The summed E-state index contributed by atoms with van der Waals surface area (Å²) < 4.78 is 0. The third kappa shape index (κ3) is 5.16. The van der Waals surface area contributed by atoms with E-state index in [4.69, 9.17) is 5.11 Å². The Balaban J connectivity index is 1.67. The number of carbonyl (C=O) groups is 1. The summed E-state index contributed by atoms with van der Waals surface area (Å²) in [4.78, 5) is 13.2. The molecule has 0 aromatic heterocycles. The van der Waals surface area contributed by atoms with Gasteiger partial charge in [-0.25, -0.2) is 0 Å². The number of nitrogens with zero attached hydrogens (tertiary/aromatic N) is 1. The number of carboxylic acids is 1. The Labute approximate surface area is 128 Å². The summed E-state index contributed by atoms with van der Waals surface area (Å²) in [6.45, 7) is 5.61. The van der Waals surface area contributed by atoms with Crippen LogP contribution in [-0.4, -0.2) is 35.6 Å². The molecule has 1 N–H and O–H groups in total. The van der Waals surface area contributed by atoms with Gasteiger partial charge in [-0.3, -0.25) is 4.79 Å². The highest BCUT2D eigenvalue weighted by Crippen LogP contribution is 2.28. The average molecular weight is 289 g/mol. The summed E-state index contributed by atoms with van der Waals surface area (Å²) in [5.41, 5.74) is 1.45. The molecule has 0 amide bonds. The molecule has 1 unspecified atom stereocenters. The maximum Gasteiger partial charge on any atom is 0.303 e. The van der Waals surface area contributed by atoms with E-state index in [2.05, 4.69) is 42.2 Å². The second kappa shape index (κ2) is 8.18. The van der Waals surface area contributed by atoms with Crippen LogP contribution in [0.2, 0.25) is 0 Å². The highest BCUT2D eigenvalue weighted by molar-refractivity contribution is 5.66. The van der Waals surface area contributed by atoms with Crippen molar-refractivity contribution < 1.29 is 9.90 Å². The van der Waals surface area contributed by atoms with E-state index in [0.717, 1.165) is 45.3 Å². The molecule has 1 heterocycles. The Bertz CT molecular complexity index is 426. The standard InChI is InChI=1S/C18H27NO2/c1-2-6-15(9-10-18(20)21)11-12-19-13-17(14-19)16-7-4-3-5-8-16/h3-5,7-8,15,17H,2,6,9-14H2,1H3,(H,20,21). The van der Waals surface area contributed by atoms with Gasteiger partial charge in [-0.2, -0.15) is 0 Å². The molecule has 3 heteroatoms. The van der Waals surface area contributed by atoms with Crippen LogP contribution in [0.15, 0.2) is 30.3 Å². The summed E-state index contributed by atoms with van der Waals surface area (Å²) in [5, 5.41) is 8.82. The van der Waals surface area contributed by atoms with Crippen LogP contribution in [-0.2, 0) is 4.79 Å². The van der Waals surface area contributed by atoms with Crippen LogP contribution in [0.1, 0.15) is 50.5 Å². The molecule has 1 aromatic rings. The Hall–Kier alpha value is -1.35. The minimum atomic E-state index is -0.663. The van der Waals surface area contributed by atoms with Gasteiger partial charge in [0.2, 0.25) is 0 Å². The molecular weight excluding hydrogens is 262 g/mol. The Kier molecular flexibility index (Phi) is 6.24. The Morgan fingerprint density at radius 3 is 2.57 bits per heavy atom. The zero-order valence-corrected chi connectivity index (χ0v) is 13.0. The summed E-state index contributed by atoms with van der Waals surface area (Å²) in [5.74, 6) is 0.598. The first kappa shape index (κ1) is 16.0. The second-order valence-electron chi connectivity index (χ2n) is 6.24. The number of carboxylic acid groups (broad SMARTS) is 1. The first-order chi connectivity index (χ1) is 10.2. The van der Waals surface area contributed by atoms with Gasteiger partial charge in [0.25, 0.3) is 0 Å². The number of hydrogen-bond acceptors (Lipinski definition) is 2. The van der Waals surface area contributed by atoms with Crippen molar-refractivity contribution in [3.05, 3.63) is 35.9 Å². The number of rotatable bonds is 9. The normalized spacial score (nSPS) is 17.4. The molecular formula is C18H27NO2. The number of likely N-dealkylation sites (tertiary alicyclic amines) is 1. The SMILES string of the molecule is CCCC(CCC(=O)O)CCN1CC(c2ccccc2)C1. The Morgan fingerprint density at radius 1 is 1.24 bits per heavy atom. The second-order valence-corrected chi connectivity index (χ2v) is 6.24. The smallest absolute Gasteiger partial charge is 0.303 e. The molecule has 1 aliphatic heterocycles. The van der Waals surface area contributed by atoms with Crippen LogP contribution in [0.25, 0.3) is 0 Å². The van der Waals surface area contributed by atoms with Crippen molar-refractivity contribution in [2.24, 2.45) is 5.92 Å². The minimum Gasteiger partial charge on any atom is -0.481 e. The third-order valence-electron chi connectivity index (χ3n) is 4.55. The highest BCUT2D eigenvalue weighted by atomic mass is 16.4. The van der Waals surface area contributed by atoms with E-state index < -0.39 is 5.97 Å². The van der Waals surface area contributed by atoms with Crippen LogP contribution in [0.5, 0.6) is 0 Å². The quantitative estimate of drug-likeness (QED) is 0.752. The minimum absolute atomic E-state index is 0.317. The monoisotopic (exact) mass is 289 g/mol. The predicted molar refractivity (Wildman–Crippen MR) is 85.5 cm³/mol. The molecule has 0 radical (unpaired) electrons. The highest BCUT2D eigenvalue weighted by Gasteiger charge is 2.27. The van der Waals surface area contributed by atoms with E-state index >= 15 is 0 Å². The van der Waals surface area contributed by atoms with Gasteiger partial charge in [0.15, 0.2) is 0 Å². The molecule has 116 valence electrons. The van der Waals surface area contributed by atoms with E-state index in [0.29, 0.717) is 18.3 Å². The fourth-order valence-electron chi connectivity index (χ4n) is 3.22. The lowest BCUT2D eigenvalue weighted by Gasteiger charge is -2.40. The van der Waals surface area contributed by atoms with Gasteiger partial charge >= 0.3 is 5.97 Å². The van der Waals surface area contributed by atoms with Crippen LogP contribution in [0, 0.1) is 5.92 Å². The predicted octanol–water partition coefficient (Wildman–Crippen LogP) is 3.76. The van der Waals surface area contributed by atoms with Gasteiger partial charge in [-0.05, 0) is 30.9 Å². The third-order valence-corrected chi connectivity index (χ3v) is 4.55. The first-order valence-electron chi connectivity index (χ1n) is 8.18. The molecule has 21 heavy (non-hydrogen) atoms. The van der Waals surface area contributed by atoms with Gasteiger partial charge < -0.3 is 10.0 Å². The average Bonchev–Trinajstić information content (AvgIpc) is 2.44. The van der Waals surface area contributed by atoms with E-state index in [9.17, 15) is 4.79 Å². The van der Waals surface area contributed by atoms with Crippen LogP contribution in [0.3, 0.4) is 0 Å². The van der Waals surface area contributed by atoms with E-state index in [1.807, 2.05) is 0 Å². The van der Waals surface area contributed by atoms with Gasteiger partial charge in [0, 0.05) is 25.4 Å². The maximum atomic E-state index is 10.7. The van der Waals surface area contributed by atoms with Crippen molar-refractivity contribution in [1.29, 1.82) is 0 Å². The van der Waals surface area contributed by atoms with Gasteiger partial charge in [0.05, 0.1) is 0 Å². The van der Waals surface area contributed by atoms with Crippen LogP contribution in [0.4, 0.5) is 0 Å². The molecule has 3 nitrogen and oxygen atoms in total. The zero-order chi connectivity index (χ0) is 15.1. The maximum absolute atomic E-state index is 10.7. The molecule has 0 saturated carbocycles. The number of benzene rings is 1. The van der Waals surface area contributed by atoms with Gasteiger partial charge in [0.1, 0.15) is 0 Å². The van der Waals surface area contributed by atoms with Crippen molar-refractivity contribution in [2.75, 3.05) is 19.6 Å². The fraction of sp³-hybridized carbons (Fsp3) is 0.611. The summed E-state index contributed by atoms with van der Waals surface area (Å²) in [6, 6.07) is 10.7. The molecule has 2 rings (SSSR count). The lowest BCUT2D eigenvalue weighted by Crippen LogP contribution is -2.45. The molecule has 1 fully saturated rings. The van der Waals surface area contributed by atoms with Crippen molar-refractivity contribution in [2.45, 2.75) is 44.9 Å². The molecule has 1 atom stereocenters. The lowest BCUT2D eigenvalue weighted by atomic mass is 9.89. The van der Waals surface area contributed by atoms with Crippen molar-refractivity contribution >= 4 is 5.97 Å². The zero-order valence-electron chi connectivity index (χ0n) is 13.0. The van der Waals surface area contributed by atoms with Crippen molar-refractivity contribution in [3.63, 3.8) is 0 Å². The largest absolute Gasteiger partial charge is 0.481 e. The number of hydrogen-bond donors (Lipinski definition) is 1. The summed E-state index contributed by atoms with van der Waals surface area (Å²) >= 11 is 0. The van der Waals surface area contributed by atoms with E-state index in [1.165, 1.54) is 5.56 Å². The molecule has 0 bridgehead atoms. The molecule has 1 aliphatic rings. The Morgan fingerprint density at radius 2 is 1.95 bits per heavy atom. The van der Waals surface area contributed by atoms with Gasteiger partial charge in [-0.1, -0.05) is 50.1 Å². The summed E-state index contributed by atoms with van der Waals surface area (Å²) in [7, 11) is 0. The lowest BCUT2D eigenvalue weighted by molar-refractivity contribution is -0.137. The molecule has 0 spiro atoms. The molecule has 1 aromatic carbocycles. The van der Waals surface area contributed by atoms with Crippen LogP contribution >= 0.6 is 0 Å². The van der Waals surface area contributed by atoms with Crippen LogP contribution < -0.4 is 0 Å².